The van der Waals surface area contributed by atoms with Crippen LogP contribution in [0.1, 0.15) is 10.9 Å². The second kappa shape index (κ2) is 7.58. The number of tetrazole rings is 1. The largest absolute Gasteiger partial charge is 0.263 e. The molecule has 2 N–H and O–H groups in total. The van der Waals surface area contributed by atoms with Gasteiger partial charge in [-0.05, 0) is 40.9 Å². The maximum absolute atomic E-state index is 14.1. The summed E-state index contributed by atoms with van der Waals surface area (Å²) in [6.45, 7) is 0.0828. The second-order valence-electron chi connectivity index (χ2n) is 5.75. The molecule has 0 saturated heterocycles. The molecule has 0 fully saturated rings. The minimum absolute atomic E-state index is 0.0254. The van der Waals surface area contributed by atoms with Gasteiger partial charge in [-0.15, -0.1) is 21.5 Å². The summed E-state index contributed by atoms with van der Waals surface area (Å²) < 4.78 is 43.9. The Labute approximate surface area is 163 Å². The molecule has 9 nitrogen and oxygen atoms in total. The van der Waals surface area contributed by atoms with Crippen molar-refractivity contribution >= 4 is 21.4 Å². The zero-order chi connectivity index (χ0) is 19.6. The van der Waals surface area contributed by atoms with Crippen molar-refractivity contribution in [3.05, 3.63) is 64.9 Å². The highest BCUT2D eigenvalue weighted by Gasteiger charge is 2.22. The monoisotopic (exact) mass is 419 g/mol. The van der Waals surface area contributed by atoms with E-state index in [0.717, 1.165) is 10.9 Å². The molecular weight excluding hydrogens is 405 g/mol. The Morgan fingerprint density at radius 3 is 2.86 bits per heavy atom. The minimum Gasteiger partial charge on any atom is -0.263 e. The van der Waals surface area contributed by atoms with Gasteiger partial charge in [-0.25, -0.2) is 17.5 Å². The fraction of sp³-hybridized carbons (Fsp3) is 0.125. The van der Waals surface area contributed by atoms with Crippen LogP contribution in [0.5, 0.6) is 0 Å². The van der Waals surface area contributed by atoms with E-state index in [9.17, 15) is 12.8 Å². The van der Waals surface area contributed by atoms with Crippen molar-refractivity contribution in [3.63, 3.8) is 0 Å². The lowest BCUT2D eigenvalue weighted by Gasteiger charge is -2.17. The van der Waals surface area contributed by atoms with E-state index in [1.54, 1.807) is 23.1 Å². The Morgan fingerprint density at radius 2 is 2.18 bits per heavy atom. The summed E-state index contributed by atoms with van der Waals surface area (Å²) in [7, 11) is -3.91. The summed E-state index contributed by atoms with van der Waals surface area (Å²) in [5.41, 5.74) is -0.0569. The first-order chi connectivity index (χ1) is 13.5. The maximum Gasteiger partial charge on any atom is 0.240 e. The molecule has 0 aliphatic heterocycles. The molecule has 0 amide bonds. The van der Waals surface area contributed by atoms with Crippen LogP contribution < -0.4 is 4.72 Å². The molecule has 0 spiro atoms. The molecule has 4 aromatic rings. The van der Waals surface area contributed by atoms with Crippen LogP contribution in [0.3, 0.4) is 0 Å². The number of H-pyrrole nitrogens is 1. The lowest BCUT2D eigenvalue weighted by Crippen LogP contribution is -2.31. The summed E-state index contributed by atoms with van der Waals surface area (Å²) in [6.07, 6.45) is 3.40. The van der Waals surface area contributed by atoms with Gasteiger partial charge >= 0.3 is 0 Å². The first kappa shape index (κ1) is 18.4. The Kier molecular flexibility index (Phi) is 4.98. The number of halogens is 1. The highest BCUT2D eigenvalue weighted by atomic mass is 32.2. The first-order valence-electron chi connectivity index (χ1n) is 8.10. The predicted molar refractivity (Wildman–Crippen MR) is 99.4 cm³/mol. The minimum atomic E-state index is -3.91. The SMILES string of the molecule is O=S(=O)(NCC(c1cccs1)n1cccn1)c1ccc(F)c(-c2nn[nH]n2)c1. The zero-order valence-electron chi connectivity index (χ0n) is 14.2. The van der Waals surface area contributed by atoms with E-state index in [0.29, 0.717) is 0 Å². The van der Waals surface area contributed by atoms with Crippen molar-refractivity contribution in [1.29, 1.82) is 0 Å². The van der Waals surface area contributed by atoms with Gasteiger partial charge in [0.05, 0.1) is 16.5 Å². The van der Waals surface area contributed by atoms with Crippen LogP contribution in [0.25, 0.3) is 11.4 Å². The van der Waals surface area contributed by atoms with Gasteiger partial charge in [-0.3, -0.25) is 4.68 Å². The van der Waals surface area contributed by atoms with Gasteiger partial charge in [-0.1, -0.05) is 6.07 Å². The summed E-state index contributed by atoms with van der Waals surface area (Å²) in [5.74, 6) is -0.670. The van der Waals surface area contributed by atoms with Gasteiger partial charge in [0, 0.05) is 23.8 Å². The molecule has 0 radical (unpaired) electrons. The Bertz CT molecular complexity index is 1110. The smallest absolute Gasteiger partial charge is 0.240 e. The second-order valence-corrected chi connectivity index (χ2v) is 8.49. The number of rotatable bonds is 7. The van der Waals surface area contributed by atoms with Crippen molar-refractivity contribution < 1.29 is 12.8 Å². The molecule has 4 rings (SSSR count). The van der Waals surface area contributed by atoms with Gasteiger partial charge in [0.2, 0.25) is 15.8 Å². The van der Waals surface area contributed by atoms with Crippen molar-refractivity contribution in [2.45, 2.75) is 10.9 Å². The zero-order valence-corrected chi connectivity index (χ0v) is 15.9. The molecule has 0 aliphatic rings. The maximum atomic E-state index is 14.1. The number of nitrogens with one attached hydrogen (secondary N) is 2. The topological polar surface area (TPSA) is 118 Å². The summed E-state index contributed by atoms with van der Waals surface area (Å²) in [4.78, 5) is 0.858. The molecule has 28 heavy (non-hydrogen) atoms. The molecule has 12 heteroatoms. The molecule has 0 aliphatic carbocycles. The molecule has 1 unspecified atom stereocenters. The van der Waals surface area contributed by atoms with E-state index in [-0.39, 0.29) is 28.9 Å². The van der Waals surface area contributed by atoms with Crippen LogP contribution >= 0.6 is 11.3 Å². The van der Waals surface area contributed by atoms with Crippen LogP contribution in [-0.2, 0) is 10.0 Å². The van der Waals surface area contributed by atoms with Crippen molar-refractivity contribution in [2.24, 2.45) is 0 Å². The Hall–Kier alpha value is -2.96. The van der Waals surface area contributed by atoms with E-state index in [4.69, 9.17) is 0 Å². The molecule has 3 aromatic heterocycles. The number of aromatic amines is 1. The van der Waals surface area contributed by atoms with Crippen LogP contribution in [0.2, 0.25) is 0 Å². The summed E-state index contributed by atoms with van der Waals surface area (Å²) in [5, 5.41) is 19.1. The van der Waals surface area contributed by atoms with Crippen LogP contribution in [0.15, 0.2) is 59.1 Å². The van der Waals surface area contributed by atoms with Gasteiger partial charge in [0.1, 0.15) is 5.82 Å². The molecule has 144 valence electrons. The lowest BCUT2D eigenvalue weighted by molar-refractivity contribution is 0.511. The van der Waals surface area contributed by atoms with E-state index < -0.39 is 15.8 Å². The average molecular weight is 419 g/mol. The van der Waals surface area contributed by atoms with Gasteiger partial charge in [-0.2, -0.15) is 10.3 Å². The first-order valence-corrected chi connectivity index (χ1v) is 10.5. The number of hydrogen-bond donors (Lipinski definition) is 2. The fourth-order valence-corrected chi connectivity index (χ4v) is 4.55. The summed E-state index contributed by atoms with van der Waals surface area (Å²) >= 11 is 1.51. The van der Waals surface area contributed by atoms with Crippen molar-refractivity contribution in [1.82, 2.24) is 35.1 Å². The van der Waals surface area contributed by atoms with Gasteiger partial charge in [0.15, 0.2) is 0 Å². The third-order valence-electron chi connectivity index (χ3n) is 4.02. The van der Waals surface area contributed by atoms with E-state index >= 15 is 0 Å². The number of nitrogens with zero attached hydrogens (tertiary/aromatic N) is 5. The standard InChI is InChI=1S/C16H14FN7O2S2/c17-13-5-4-11(9-12(13)16-20-22-23-21-16)28(25,26)19-10-14(15-3-1-8-27-15)24-7-2-6-18-24/h1-9,14,19H,10H2,(H,20,21,22,23). The number of sulfonamides is 1. The number of hydrogen-bond acceptors (Lipinski definition) is 7. The van der Waals surface area contributed by atoms with Crippen molar-refractivity contribution in [2.75, 3.05) is 6.54 Å². The molecule has 0 saturated carbocycles. The van der Waals surface area contributed by atoms with E-state index in [1.807, 2.05) is 17.5 Å². The molecule has 3 heterocycles. The van der Waals surface area contributed by atoms with Crippen LogP contribution in [0, 0.1) is 5.82 Å². The Balaban J connectivity index is 1.60. The third-order valence-corrected chi connectivity index (χ3v) is 6.41. The predicted octanol–water partition coefficient (Wildman–Crippen LogP) is 1.83. The van der Waals surface area contributed by atoms with E-state index in [1.165, 1.54) is 23.5 Å². The molecule has 1 atom stereocenters. The average Bonchev–Trinajstić information content (AvgIpc) is 3.45. The number of aromatic nitrogens is 6. The summed E-state index contributed by atoms with van der Waals surface area (Å²) in [6, 6.07) is 8.70. The third kappa shape index (κ3) is 3.69. The fourth-order valence-electron chi connectivity index (χ4n) is 2.66. The van der Waals surface area contributed by atoms with Gasteiger partial charge < -0.3 is 0 Å². The lowest BCUT2D eigenvalue weighted by atomic mass is 10.2. The van der Waals surface area contributed by atoms with Crippen LogP contribution in [0.4, 0.5) is 4.39 Å². The highest BCUT2D eigenvalue weighted by molar-refractivity contribution is 7.89. The van der Waals surface area contributed by atoms with Gasteiger partial charge in [0.25, 0.3) is 0 Å². The van der Waals surface area contributed by atoms with Crippen molar-refractivity contribution in [3.8, 4) is 11.4 Å². The molecular formula is C16H14FN7O2S2. The number of thiophene rings is 1. The normalized spacial score (nSPS) is 12.9. The van der Waals surface area contributed by atoms with Crippen LogP contribution in [-0.4, -0.2) is 45.4 Å². The molecule has 1 aromatic carbocycles. The van der Waals surface area contributed by atoms with E-state index in [2.05, 4.69) is 30.4 Å². The molecule has 0 bridgehead atoms. The number of benzene rings is 1. The quantitative estimate of drug-likeness (QED) is 0.472. The Morgan fingerprint density at radius 1 is 1.29 bits per heavy atom. The highest BCUT2D eigenvalue weighted by Crippen LogP contribution is 2.24.